The highest BCUT2D eigenvalue weighted by Crippen LogP contribution is 2.34. The Bertz CT molecular complexity index is 1340. The summed E-state index contributed by atoms with van der Waals surface area (Å²) < 4.78 is 13.7. The zero-order chi connectivity index (χ0) is 23.7. The van der Waals surface area contributed by atoms with Crippen molar-refractivity contribution >= 4 is 22.6 Å². The van der Waals surface area contributed by atoms with Crippen LogP contribution in [0.2, 0.25) is 0 Å². The lowest BCUT2D eigenvalue weighted by atomic mass is 10.1. The normalized spacial score (nSPS) is 15.8. The zero-order valence-corrected chi connectivity index (χ0v) is 19.8. The van der Waals surface area contributed by atoms with Gasteiger partial charge in [-0.25, -0.2) is 4.98 Å². The van der Waals surface area contributed by atoms with Crippen molar-refractivity contribution in [2.45, 2.75) is 32.7 Å². The Labute approximate surface area is 199 Å². The number of aromatic nitrogens is 2. The van der Waals surface area contributed by atoms with Gasteiger partial charge in [0.25, 0.3) is 0 Å². The third kappa shape index (κ3) is 4.12. The van der Waals surface area contributed by atoms with E-state index in [1.54, 1.807) is 7.11 Å². The quantitative estimate of drug-likeness (QED) is 0.381. The van der Waals surface area contributed by atoms with Crippen LogP contribution in [0.5, 0.6) is 11.5 Å². The minimum Gasteiger partial charge on any atom is -0.497 e. The molecule has 0 unspecified atom stereocenters. The van der Waals surface area contributed by atoms with E-state index in [0.717, 1.165) is 39.6 Å². The fourth-order valence-electron chi connectivity index (χ4n) is 4.68. The summed E-state index contributed by atoms with van der Waals surface area (Å²) in [6, 6.07) is 21.9. The number of fused-ring (bicyclic) bond motifs is 1. The molecule has 0 spiro atoms. The standard InChI is InChI=1S/C28H29N3O3/c1-19-8-6-13-26(20(19)2)34-15-14-30-25-12-5-4-11-24(25)29-28(30)21-16-27(32)31(18-21)22-9-7-10-23(17-22)33-3/h4-13,17,21H,14-16,18H2,1-3H3/t21-/m0/s1. The number of hydrogen-bond donors (Lipinski definition) is 0. The van der Waals surface area contributed by atoms with Crippen LogP contribution < -0.4 is 14.4 Å². The lowest BCUT2D eigenvalue weighted by Crippen LogP contribution is -2.24. The molecule has 1 aliphatic rings. The second-order valence-corrected chi connectivity index (χ2v) is 8.76. The molecule has 3 aromatic carbocycles. The number of methoxy groups -OCH3 is 1. The van der Waals surface area contributed by atoms with Crippen molar-refractivity contribution in [1.82, 2.24) is 9.55 Å². The molecule has 1 saturated heterocycles. The van der Waals surface area contributed by atoms with Crippen molar-refractivity contribution in [2.75, 3.05) is 25.2 Å². The summed E-state index contributed by atoms with van der Waals surface area (Å²) in [6.45, 7) is 5.95. The van der Waals surface area contributed by atoms with Crippen molar-refractivity contribution in [3.8, 4) is 11.5 Å². The van der Waals surface area contributed by atoms with Crippen LogP contribution in [0.3, 0.4) is 0 Å². The number of aryl methyl sites for hydroxylation is 1. The second-order valence-electron chi connectivity index (χ2n) is 8.76. The van der Waals surface area contributed by atoms with Crippen LogP contribution in [-0.2, 0) is 11.3 Å². The Hall–Kier alpha value is -3.80. The summed E-state index contributed by atoms with van der Waals surface area (Å²) in [7, 11) is 1.64. The topological polar surface area (TPSA) is 56.6 Å². The first kappa shape index (κ1) is 22.0. The van der Waals surface area contributed by atoms with E-state index in [-0.39, 0.29) is 11.8 Å². The number of amides is 1. The van der Waals surface area contributed by atoms with Gasteiger partial charge in [0, 0.05) is 30.6 Å². The number of rotatable bonds is 7. The molecule has 1 aromatic heterocycles. The molecule has 0 bridgehead atoms. The molecule has 0 N–H and O–H groups in total. The third-order valence-corrected chi connectivity index (χ3v) is 6.67. The van der Waals surface area contributed by atoms with Gasteiger partial charge in [0.1, 0.15) is 23.9 Å². The van der Waals surface area contributed by atoms with Crippen LogP contribution in [-0.4, -0.2) is 35.7 Å². The summed E-state index contributed by atoms with van der Waals surface area (Å²) in [5.74, 6) is 2.69. The van der Waals surface area contributed by atoms with Crippen LogP contribution in [0.25, 0.3) is 11.0 Å². The number of carbonyl (C=O) groups excluding carboxylic acids is 1. The smallest absolute Gasteiger partial charge is 0.227 e. The predicted molar refractivity (Wildman–Crippen MR) is 134 cm³/mol. The highest BCUT2D eigenvalue weighted by atomic mass is 16.5. The molecule has 6 nitrogen and oxygen atoms in total. The Morgan fingerprint density at radius 3 is 2.71 bits per heavy atom. The number of benzene rings is 3. The van der Waals surface area contributed by atoms with Gasteiger partial charge in [-0.2, -0.15) is 0 Å². The van der Waals surface area contributed by atoms with Gasteiger partial charge in [-0.15, -0.1) is 0 Å². The monoisotopic (exact) mass is 455 g/mol. The predicted octanol–water partition coefficient (Wildman–Crippen LogP) is 5.26. The van der Waals surface area contributed by atoms with Gasteiger partial charge >= 0.3 is 0 Å². The van der Waals surface area contributed by atoms with Crippen molar-refractivity contribution < 1.29 is 14.3 Å². The molecular weight excluding hydrogens is 426 g/mol. The molecule has 34 heavy (non-hydrogen) atoms. The Morgan fingerprint density at radius 2 is 1.85 bits per heavy atom. The van der Waals surface area contributed by atoms with E-state index in [0.29, 0.717) is 26.1 Å². The van der Waals surface area contributed by atoms with E-state index < -0.39 is 0 Å². The molecule has 6 heteroatoms. The largest absolute Gasteiger partial charge is 0.497 e. The fourth-order valence-corrected chi connectivity index (χ4v) is 4.68. The van der Waals surface area contributed by atoms with E-state index in [1.165, 1.54) is 5.56 Å². The van der Waals surface area contributed by atoms with E-state index >= 15 is 0 Å². The molecule has 0 aliphatic carbocycles. The van der Waals surface area contributed by atoms with Crippen molar-refractivity contribution in [3.05, 3.63) is 83.7 Å². The maximum atomic E-state index is 13.0. The van der Waals surface area contributed by atoms with Gasteiger partial charge < -0.3 is 18.9 Å². The highest BCUT2D eigenvalue weighted by molar-refractivity contribution is 5.96. The maximum absolute atomic E-state index is 13.0. The summed E-state index contributed by atoms with van der Waals surface area (Å²) >= 11 is 0. The number of para-hydroxylation sites is 2. The Balaban J connectivity index is 1.40. The summed E-state index contributed by atoms with van der Waals surface area (Å²) in [6.07, 6.45) is 0.429. The molecule has 1 atom stereocenters. The number of ether oxygens (including phenoxy) is 2. The van der Waals surface area contributed by atoms with E-state index in [1.807, 2.05) is 59.5 Å². The average molecular weight is 456 g/mol. The average Bonchev–Trinajstić information content (AvgIpc) is 3.42. The summed E-state index contributed by atoms with van der Waals surface area (Å²) in [5, 5.41) is 0. The van der Waals surface area contributed by atoms with Crippen molar-refractivity contribution in [1.29, 1.82) is 0 Å². The lowest BCUT2D eigenvalue weighted by molar-refractivity contribution is -0.117. The molecule has 4 aromatic rings. The number of imidazole rings is 1. The van der Waals surface area contributed by atoms with Crippen molar-refractivity contribution in [3.63, 3.8) is 0 Å². The maximum Gasteiger partial charge on any atom is 0.227 e. The van der Waals surface area contributed by atoms with Crippen LogP contribution in [0.1, 0.15) is 29.3 Å². The van der Waals surface area contributed by atoms with Gasteiger partial charge in [0.05, 0.1) is 24.7 Å². The minimum absolute atomic E-state index is 0.00630. The highest BCUT2D eigenvalue weighted by Gasteiger charge is 2.35. The molecule has 174 valence electrons. The molecular formula is C28H29N3O3. The van der Waals surface area contributed by atoms with Gasteiger partial charge in [0.15, 0.2) is 0 Å². The fraction of sp³-hybridized carbons (Fsp3) is 0.286. The van der Waals surface area contributed by atoms with Gasteiger partial charge in [-0.1, -0.05) is 30.3 Å². The third-order valence-electron chi connectivity index (χ3n) is 6.67. The Kier molecular flexibility index (Phi) is 5.97. The molecule has 5 rings (SSSR count). The molecule has 1 aliphatic heterocycles. The molecule has 1 amide bonds. The number of hydrogen-bond acceptors (Lipinski definition) is 4. The molecule has 0 radical (unpaired) electrons. The van der Waals surface area contributed by atoms with Crippen LogP contribution in [0, 0.1) is 13.8 Å². The zero-order valence-electron chi connectivity index (χ0n) is 19.8. The van der Waals surface area contributed by atoms with Crippen LogP contribution >= 0.6 is 0 Å². The summed E-state index contributed by atoms with van der Waals surface area (Å²) in [5.41, 5.74) is 5.24. The lowest BCUT2D eigenvalue weighted by Gasteiger charge is -2.18. The first-order valence-electron chi connectivity index (χ1n) is 11.6. The van der Waals surface area contributed by atoms with Crippen LogP contribution in [0.4, 0.5) is 5.69 Å². The first-order valence-corrected chi connectivity index (χ1v) is 11.6. The number of nitrogens with zero attached hydrogens (tertiary/aromatic N) is 3. The van der Waals surface area contributed by atoms with E-state index in [4.69, 9.17) is 14.5 Å². The summed E-state index contributed by atoms with van der Waals surface area (Å²) in [4.78, 5) is 19.8. The minimum atomic E-state index is 0.00630. The number of anilines is 1. The van der Waals surface area contributed by atoms with Gasteiger partial charge in [0.2, 0.25) is 5.91 Å². The molecule has 1 fully saturated rings. The van der Waals surface area contributed by atoms with Crippen molar-refractivity contribution in [2.24, 2.45) is 0 Å². The van der Waals surface area contributed by atoms with Gasteiger partial charge in [-0.05, 0) is 55.3 Å². The second kappa shape index (κ2) is 9.21. The van der Waals surface area contributed by atoms with E-state index in [9.17, 15) is 4.79 Å². The number of carbonyl (C=O) groups is 1. The molecule has 0 saturated carbocycles. The van der Waals surface area contributed by atoms with E-state index in [2.05, 4.69) is 30.5 Å². The Morgan fingerprint density at radius 1 is 1.03 bits per heavy atom. The van der Waals surface area contributed by atoms with Gasteiger partial charge in [-0.3, -0.25) is 4.79 Å². The first-order chi connectivity index (χ1) is 16.5. The molecule has 2 heterocycles. The SMILES string of the molecule is COc1cccc(N2C[C@@H](c3nc4ccccc4n3CCOc3cccc(C)c3C)CC2=O)c1. The van der Waals surface area contributed by atoms with Crippen LogP contribution in [0.15, 0.2) is 66.7 Å².